The van der Waals surface area contributed by atoms with Gasteiger partial charge in [-0.3, -0.25) is 0 Å². The number of carbonyl (C=O) groups is 2. The average Bonchev–Trinajstić information content (AvgIpc) is 2.94. The van der Waals surface area contributed by atoms with Crippen LogP contribution >= 0.6 is 0 Å². The minimum Gasteiger partial charge on any atom is -0.481 e. The Balaban J connectivity index is 1.99. The van der Waals surface area contributed by atoms with Crippen molar-refractivity contribution in [2.75, 3.05) is 26.4 Å². The van der Waals surface area contributed by atoms with E-state index < -0.39 is 0 Å². The lowest BCUT2D eigenvalue weighted by Crippen LogP contribution is -2.17. The van der Waals surface area contributed by atoms with Crippen LogP contribution in [0, 0.1) is 0 Å². The Bertz CT molecular complexity index is 1220. The zero-order valence-corrected chi connectivity index (χ0v) is 23.4. The van der Waals surface area contributed by atoms with Gasteiger partial charge in [0.1, 0.15) is 11.5 Å². The molecule has 0 radical (unpaired) electrons. The Morgan fingerprint density at radius 3 is 1.74 bits per heavy atom. The van der Waals surface area contributed by atoms with Gasteiger partial charge in [-0.15, -0.1) is 0 Å². The number of esters is 2. The summed E-state index contributed by atoms with van der Waals surface area (Å²) < 4.78 is 23.1. The predicted octanol–water partition coefficient (Wildman–Crippen LogP) is 7.34. The Morgan fingerprint density at radius 2 is 1.21 bits per heavy atom. The first-order valence-electron chi connectivity index (χ1n) is 14.1. The van der Waals surface area contributed by atoms with E-state index in [0.717, 1.165) is 84.0 Å². The molecule has 0 spiro atoms. The number of hydrogen-bond acceptors (Lipinski definition) is 6. The second kappa shape index (κ2) is 15.2. The Hall–Kier alpha value is -3.28. The van der Waals surface area contributed by atoms with Gasteiger partial charge in [0.05, 0.1) is 13.2 Å². The molecule has 0 saturated heterocycles. The Morgan fingerprint density at radius 1 is 0.658 bits per heavy atom. The molecule has 38 heavy (non-hydrogen) atoms. The van der Waals surface area contributed by atoms with Gasteiger partial charge >= 0.3 is 11.9 Å². The highest BCUT2D eigenvalue weighted by atomic mass is 16.6. The molecule has 0 aliphatic carbocycles. The topological polar surface area (TPSA) is 71.1 Å². The van der Waals surface area contributed by atoms with Crippen molar-refractivity contribution in [1.82, 2.24) is 0 Å². The van der Waals surface area contributed by atoms with Gasteiger partial charge in [-0.25, -0.2) is 9.59 Å². The maximum atomic E-state index is 12.5. The van der Waals surface area contributed by atoms with E-state index in [-0.39, 0.29) is 25.2 Å². The summed E-state index contributed by atoms with van der Waals surface area (Å²) in [4.78, 5) is 24.9. The second-order valence-corrected chi connectivity index (χ2v) is 9.52. The van der Waals surface area contributed by atoms with Crippen LogP contribution in [0.3, 0.4) is 0 Å². The van der Waals surface area contributed by atoms with E-state index in [1.165, 1.54) is 0 Å². The molecule has 0 aromatic heterocycles. The first kappa shape index (κ1) is 29.3. The van der Waals surface area contributed by atoms with E-state index in [0.29, 0.717) is 24.7 Å². The summed E-state index contributed by atoms with van der Waals surface area (Å²) >= 11 is 0. The highest BCUT2D eigenvalue weighted by molar-refractivity contribution is 6.12. The van der Waals surface area contributed by atoms with Crippen LogP contribution in [0.15, 0.2) is 36.4 Å². The molecule has 0 heterocycles. The zero-order chi connectivity index (χ0) is 27.3. The maximum Gasteiger partial charge on any atom is 0.344 e. The van der Waals surface area contributed by atoms with Crippen molar-refractivity contribution in [2.45, 2.75) is 79.1 Å². The number of benzene rings is 3. The van der Waals surface area contributed by atoms with E-state index in [9.17, 15) is 9.59 Å². The van der Waals surface area contributed by atoms with Crippen LogP contribution in [0.2, 0.25) is 0 Å². The SMILES string of the molecule is CCCCCOC(=O)COc1c2ccccc2c(OCC(=O)OCCCCC)c2c(CC)cc(CC)cc12. The van der Waals surface area contributed by atoms with Crippen molar-refractivity contribution in [1.29, 1.82) is 0 Å². The van der Waals surface area contributed by atoms with Crippen molar-refractivity contribution in [3.05, 3.63) is 47.5 Å². The largest absolute Gasteiger partial charge is 0.481 e. The zero-order valence-electron chi connectivity index (χ0n) is 23.4. The van der Waals surface area contributed by atoms with Gasteiger partial charge in [-0.1, -0.05) is 83.7 Å². The Labute approximate surface area is 226 Å². The molecule has 3 aromatic rings. The smallest absolute Gasteiger partial charge is 0.344 e. The summed E-state index contributed by atoms with van der Waals surface area (Å²) in [6, 6.07) is 12.1. The van der Waals surface area contributed by atoms with Crippen LogP contribution in [0.25, 0.3) is 21.5 Å². The van der Waals surface area contributed by atoms with Crippen LogP contribution in [-0.2, 0) is 31.9 Å². The van der Waals surface area contributed by atoms with Crippen molar-refractivity contribution >= 4 is 33.5 Å². The van der Waals surface area contributed by atoms with Gasteiger partial charge in [0.25, 0.3) is 0 Å². The molecule has 6 heteroatoms. The number of unbranched alkanes of at least 4 members (excludes halogenated alkanes) is 4. The molecular weight excluding hydrogens is 480 g/mol. The average molecular weight is 523 g/mol. The molecule has 0 saturated carbocycles. The fourth-order valence-corrected chi connectivity index (χ4v) is 4.58. The highest BCUT2D eigenvalue weighted by Gasteiger charge is 2.21. The fraction of sp³-hybridized carbons (Fsp3) is 0.500. The molecule has 0 atom stereocenters. The molecule has 0 bridgehead atoms. The molecule has 3 rings (SSSR count). The van der Waals surface area contributed by atoms with Gasteiger partial charge in [-0.2, -0.15) is 0 Å². The minimum atomic E-state index is -0.383. The third kappa shape index (κ3) is 7.62. The highest BCUT2D eigenvalue weighted by Crippen LogP contribution is 2.45. The summed E-state index contributed by atoms with van der Waals surface area (Å²) in [6.07, 6.45) is 7.51. The van der Waals surface area contributed by atoms with Crippen LogP contribution in [0.5, 0.6) is 11.5 Å². The predicted molar refractivity (Wildman–Crippen MR) is 152 cm³/mol. The van der Waals surface area contributed by atoms with Crippen molar-refractivity contribution in [3.8, 4) is 11.5 Å². The van der Waals surface area contributed by atoms with Crippen LogP contribution in [0.4, 0.5) is 0 Å². The summed E-state index contributed by atoms with van der Waals surface area (Å²) in [5.74, 6) is 0.496. The Kier molecular flexibility index (Phi) is 11.7. The third-order valence-corrected chi connectivity index (χ3v) is 6.65. The number of fused-ring (bicyclic) bond motifs is 2. The van der Waals surface area contributed by atoms with Crippen LogP contribution in [-0.4, -0.2) is 38.4 Å². The normalized spacial score (nSPS) is 11.1. The van der Waals surface area contributed by atoms with Gasteiger partial charge in [0.15, 0.2) is 13.2 Å². The lowest BCUT2D eigenvalue weighted by Gasteiger charge is -2.20. The summed E-state index contributed by atoms with van der Waals surface area (Å²) in [7, 11) is 0. The van der Waals surface area contributed by atoms with Crippen molar-refractivity contribution in [2.24, 2.45) is 0 Å². The van der Waals surface area contributed by atoms with E-state index in [1.54, 1.807) is 0 Å². The lowest BCUT2D eigenvalue weighted by atomic mass is 9.93. The number of rotatable bonds is 16. The van der Waals surface area contributed by atoms with Gasteiger partial charge in [-0.05, 0) is 42.9 Å². The molecular formula is C32H42O6. The molecule has 0 aliphatic heterocycles. The summed E-state index contributed by atoms with van der Waals surface area (Å²) in [6.45, 7) is 8.89. The molecule has 0 fully saturated rings. The quantitative estimate of drug-likeness (QED) is 0.111. The third-order valence-electron chi connectivity index (χ3n) is 6.65. The summed E-state index contributed by atoms with van der Waals surface area (Å²) in [5, 5.41) is 3.41. The van der Waals surface area contributed by atoms with Gasteiger partial charge < -0.3 is 18.9 Å². The standard InChI is InChI=1S/C32H42O6/c1-5-9-13-17-35-28(33)21-37-31-25-15-11-12-16-26(25)32(38-22-29(34)36-18-14-10-6-2)30-24(8-4)19-23(7-3)20-27(30)31/h11-12,15-16,19-20H,5-10,13-14,17-18,21-22H2,1-4H3. The molecule has 6 nitrogen and oxygen atoms in total. The minimum absolute atomic E-state index is 0.172. The first-order valence-corrected chi connectivity index (χ1v) is 14.1. The van der Waals surface area contributed by atoms with E-state index in [4.69, 9.17) is 18.9 Å². The number of aryl methyl sites for hydroxylation is 2. The van der Waals surface area contributed by atoms with Gasteiger partial charge in [0.2, 0.25) is 0 Å². The molecule has 0 N–H and O–H groups in total. The van der Waals surface area contributed by atoms with Crippen molar-refractivity contribution < 1.29 is 28.5 Å². The maximum absolute atomic E-state index is 12.5. The van der Waals surface area contributed by atoms with Crippen LogP contribution in [0.1, 0.15) is 77.3 Å². The van der Waals surface area contributed by atoms with Gasteiger partial charge in [0, 0.05) is 21.5 Å². The number of ether oxygens (including phenoxy) is 4. The van der Waals surface area contributed by atoms with E-state index in [1.807, 2.05) is 24.3 Å². The van der Waals surface area contributed by atoms with E-state index >= 15 is 0 Å². The number of hydrogen-bond donors (Lipinski definition) is 0. The first-order chi connectivity index (χ1) is 18.5. The molecule has 3 aromatic carbocycles. The molecule has 0 aliphatic rings. The summed E-state index contributed by atoms with van der Waals surface area (Å²) in [5.41, 5.74) is 2.27. The second-order valence-electron chi connectivity index (χ2n) is 9.52. The molecule has 0 unspecified atom stereocenters. The fourth-order valence-electron chi connectivity index (χ4n) is 4.58. The van der Waals surface area contributed by atoms with Crippen LogP contribution < -0.4 is 9.47 Å². The monoisotopic (exact) mass is 522 g/mol. The lowest BCUT2D eigenvalue weighted by molar-refractivity contribution is -0.147. The van der Waals surface area contributed by atoms with E-state index in [2.05, 4.69) is 39.8 Å². The number of carbonyl (C=O) groups excluding carboxylic acids is 2. The molecule has 206 valence electrons. The van der Waals surface area contributed by atoms with Crippen molar-refractivity contribution in [3.63, 3.8) is 0 Å². The molecule has 0 amide bonds.